The van der Waals surface area contributed by atoms with Crippen molar-refractivity contribution >= 4 is 17.4 Å². The van der Waals surface area contributed by atoms with Crippen LogP contribution in [0.5, 0.6) is 5.75 Å². The van der Waals surface area contributed by atoms with Gasteiger partial charge in [-0.15, -0.1) is 0 Å². The molecule has 1 aliphatic carbocycles. The lowest BCUT2D eigenvalue weighted by molar-refractivity contribution is -0.123. The Morgan fingerprint density at radius 1 is 1.24 bits per heavy atom. The van der Waals surface area contributed by atoms with Crippen LogP contribution < -0.4 is 4.74 Å². The number of Topliss-reactive ketones (excluding diaryl/α,β-unsaturated/α-hetero) is 1. The Labute approximate surface area is 107 Å². The molecule has 2 rings (SSSR count). The summed E-state index contributed by atoms with van der Waals surface area (Å²) >= 11 is 5.77. The average Bonchev–Trinajstić information content (AvgIpc) is 2.85. The summed E-state index contributed by atoms with van der Waals surface area (Å²) in [6.45, 7) is 0.469. The maximum atomic E-state index is 11.8. The predicted octanol–water partition coefficient (Wildman–Crippen LogP) is 3.87. The molecule has 0 aliphatic heterocycles. The van der Waals surface area contributed by atoms with Crippen molar-refractivity contribution in [1.82, 2.24) is 0 Å². The first kappa shape index (κ1) is 12.4. The Kier molecular flexibility index (Phi) is 4.43. The van der Waals surface area contributed by atoms with Gasteiger partial charge in [0, 0.05) is 17.4 Å². The van der Waals surface area contributed by atoms with Crippen LogP contribution in [0.1, 0.15) is 32.1 Å². The van der Waals surface area contributed by atoms with Crippen molar-refractivity contribution in [3.8, 4) is 5.75 Å². The molecule has 0 radical (unpaired) electrons. The lowest BCUT2D eigenvalue weighted by Crippen LogP contribution is -2.14. The summed E-state index contributed by atoms with van der Waals surface area (Å²) in [6, 6.07) is 7.22. The number of carbonyl (C=O) groups is 1. The lowest BCUT2D eigenvalue weighted by Gasteiger charge is -2.09. The first-order valence-corrected chi connectivity index (χ1v) is 6.54. The molecule has 2 nitrogen and oxygen atoms in total. The smallest absolute Gasteiger partial charge is 0.139 e. The Hall–Kier alpha value is -1.02. The maximum Gasteiger partial charge on any atom is 0.139 e. The highest BCUT2D eigenvalue weighted by Crippen LogP contribution is 2.26. The van der Waals surface area contributed by atoms with Crippen LogP contribution in [0, 0.1) is 5.92 Å². The lowest BCUT2D eigenvalue weighted by atomic mass is 10.0. The Morgan fingerprint density at radius 3 is 2.53 bits per heavy atom. The van der Waals surface area contributed by atoms with Crippen LogP contribution >= 0.6 is 11.6 Å². The number of carbonyl (C=O) groups excluding carboxylic acids is 1. The molecule has 1 aliphatic rings. The molecule has 17 heavy (non-hydrogen) atoms. The molecule has 1 aromatic carbocycles. The second kappa shape index (κ2) is 6.06. The van der Waals surface area contributed by atoms with Crippen molar-refractivity contribution in [2.75, 3.05) is 6.61 Å². The normalized spacial score (nSPS) is 16.1. The van der Waals surface area contributed by atoms with Gasteiger partial charge in [0.05, 0.1) is 6.61 Å². The molecule has 0 heterocycles. The van der Waals surface area contributed by atoms with Gasteiger partial charge < -0.3 is 4.74 Å². The van der Waals surface area contributed by atoms with Crippen LogP contribution in [-0.2, 0) is 4.79 Å². The molecule has 0 atom stereocenters. The summed E-state index contributed by atoms with van der Waals surface area (Å²) in [5, 5.41) is 0.694. The van der Waals surface area contributed by atoms with Gasteiger partial charge in [0.1, 0.15) is 11.5 Å². The van der Waals surface area contributed by atoms with Gasteiger partial charge in [-0.1, -0.05) is 24.4 Å². The third-order valence-corrected chi connectivity index (χ3v) is 3.49. The van der Waals surface area contributed by atoms with Gasteiger partial charge in [0.2, 0.25) is 0 Å². The number of rotatable bonds is 5. The fourth-order valence-corrected chi connectivity index (χ4v) is 2.38. The Balaban J connectivity index is 1.72. The van der Waals surface area contributed by atoms with Crippen molar-refractivity contribution in [1.29, 1.82) is 0 Å². The monoisotopic (exact) mass is 252 g/mol. The van der Waals surface area contributed by atoms with E-state index in [-0.39, 0.29) is 0 Å². The minimum atomic E-state index is 0.295. The quantitative estimate of drug-likeness (QED) is 0.795. The largest absolute Gasteiger partial charge is 0.493 e. The highest BCUT2D eigenvalue weighted by molar-refractivity contribution is 6.30. The summed E-state index contributed by atoms with van der Waals surface area (Å²) in [7, 11) is 0. The molecule has 0 unspecified atom stereocenters. The van der Waals surface area contributed by atoms with Crippen LogP contribution in [0.3, 0.4) is 0 Å². The number of benzene rings is 1. The van der Waals surface area contributed by atoms with E-state index in [1.807, 2.05) is 12.1 Å². The van der Waals surface area contributed by atoms with E-state index in [0.717, 1.165) is 18.6 Å². The third kappa shape index (κ3) is 3.74. The Bertz CT molecular complexity index is 366. The second-order valence-corrected chi connectivity index (χ2v) is 4.94. The molecule has 0 bridgehead atoms. The maximum absolute atomic E-state index is 11.8. The first-order valence-electron chi connectivity index (χ1n) is 6.17. The van der Waals surface area contributed by atoms with E-state index in [1.165, 1.54) is 12.8 Å². The SMILES string of the molecule is O=C(CCOc1ccc(Cl)cc1)C1CCCC1. The number of halogens is 1. The summed E-state index contributed by atoms with van der Waals surface area (Å²) in [4.78, 5) is 11.8. The minimum absolute atomic E-state index is 0.295. The van der Waals surface area contributed by atoms with Gasteiger partial charge in [-0.05, 0) is 37.1 Å². The fourth-order valence-electron chi connectivity index (χ4n) is 2.25. The average molecular weight is 253 g/mol. The minimum Gasteiger partial charge on any atom is -0.493 e. The van der Waals surface area contributed by atoms with Crippen molar-refractivity contribution in [3.63, 3.8) is 0 Å². The molecule has 1 fully saturated rings. The first-order chi connectivity index (χ1) is 8.25. The third-order valence-electron chi connectivity index (χ3n) is 3.24. The van der Waals surface area contributed by atoms with Gasteiger partial charge in [0.25, 0.3) is 0 Å². The van der Waals surface area contributed by atoms with Crippen LogP contribution in [0.25, 0.3) is 0 Å². The van der Waals surface area contributed by atoms with Crippen LogP contribution in [0.2, 0.25) is 5.02 Å². The molecule has 1 aromatic rings. The van der Waals surface area contributed by atoms with Gasteiger partial charge in [-0.2, -0.15) is 0 Å². The van der Waals surface area contributed by atoms with Gasteiger partial charge in [0.15, 0.2) is 0 Å². The Morgan fingerprint density at radius 2 is 1.88 bits per heavy atom. The standard InChI is InChI=1S/C14H17ClO2/c15-12-5-7-13(8-6-12)17-10-9-14(16)11-3-1-2-4-11/h5-8,11H,1-4,9-10H2. The molecule has 0 N–H and O–H groups in total. The molecular weight excluding hydrogens is 236 g/mol. The highest BCUT2D eigenvalue weighted by Gasteiger charge is 2.21. The highest BCUT2D eigenvalue weighted by atomic mass is 35.5. The molecule has 0 saturated heterocycles. The van der Waals surface area contributed by atoms with Crippen molar-refractivity contribution in [2.24, 2.45) is 5.92 Å². The van der Waals surface area contributed by atoms with E-state index in [2.05, 4.69) is 0 Å². The topological polar surface area (TPSA) is 26.3 Å². The molecule has 3 heteroatoms. The zero-order valence-corrected chi connectivity index (χ0v) is 10.6. The number of ether oxygens (including phenoxy) is 1. The van der Waals surface area contributed by atoms with Gasteiger partial charge in [-0.3, -0.25) is 4.79 Å². The second-order valence-electron chi connectivity index (χ2n) is 4.50. The fraction of sp³-hybridized carbons (Fsp3) is 0.500. The summed E-state index contributed by atoms with van der Waals surface area (Å²) in [5.74, 6) is 1.42. The van der Waals surface area contributed by atoms with E-state index in [9.17, 15) is 4.79 Å². The van der Waals surface area contributed by atoms with E-state index in [4.69, 9.17) is 16.3 Å². The van der Waals surface area contributed by atoms with Crippen molar-refractivity contribution in [2.45, 2.75) is 32.1 Å². The summed E-state index contributed by atoms with van der Waals surface area (Å²) < 4.78 is 5.51. The van der Waals surface area contributed by atoms with Crippen molar-refractivity contribution < 1.29 is 9.53 Å². The van der Waals surface area contributed by atoms with Crippen molar-refractivity contribution in [3.05, 3.63) is 29.3 Å². The molecular formula is C14H17ClO2. The van der Waals surface area contributed by atoms with E-state index in [1.54, 1.807) is 12.1 Å². The van der Waals surface area contributed by atoms with Crippen LogP contribution in [0.4, 0.5) is 0 Å². The number of ketones is 1. The molecule has 0 amide bonds. The van der Waals surface area contributed by atoms with Gasteiger partial charge >= 0.3 is 0 Å². The zero-order valence-electron chi connectivity index (χ0n) is 9.82. The summed E-state index contributed by atoms with van der Waals surface area (Å²) in [6.07, 6.45) is 5.07. The van der Waals surface area contributed by atoms with Crippen LogP contribution in [0.15, 0.2) is 24.3 Å². The van der Waals surface area contributed by atoms with E-state index >= 15 is 0 Å². The summed E-state index contributed by atoms with van der Waals surface area (Å²) in [5.41, 5.74) is 0. The number of hydrogen-bond acceptors (Lipinski definition) is 2. The molecule has 1 saturated carbocycles. The zero-order chi connectivity index (χ0) is 12.1. The van der Waals surface area contributed by atoms with E-state index < -0.39 is 0 Å². The number of hydrogen-bond donors (Lipinski definition) is 0. The molecule has 92 valence electrons. The van der Waals surface area contributed by atoms with Gasteiger partial charge in [-0.25, -0.2) is 0 Å². The van der Waals surface area contributed by atoms with Crippen LogP contribution in [-0.4, -0.2) is 12.4 Å². The predicted molar refractivity (Wildman–Crippen MR) is 68.5 cm³/mol. The molecule has 0 aromatic heterocycles. The van der Waals surface area contributed by atoms with E-state index in [0.29, 0.717) is 29.8 Å². The molecule has 0 spiro atoms.